The average Bonchev–Trinajstić information content (AvgIpc) is 2.41. The van der Waals surface area contributed by atoms with Crippen molar-refractivity contribution in [1.29, 1.82) is 0 Å². The van der Waals surface area contributed by atoms with Crippen molar-refractivity contribution in [2.45, 2.75) is 40.7 Å². The maximum absolute atomic E-state index is 12.3. The molecule has 1 unspecified atom stereocenters. The fourth-order valence-corrected chi connectivity index (χ4v) is 2.44. The first-order valence-electron chi connectivity index (χ1n) is 7.58. The van der Waals surface area contributed by atoms with Gasteiger partial charge in [-0.1, -0.05) is 12.1 Å². The molecule has 3 nitrogen and oxygen atoms in total. The number of rotatable bonds is 4. The van der Waals surface area contributed by atoms with E-state index in [-0.39, 0.29) is 11.9 Å². The Morgan fingerprint density at radius 2 is 1.50 bits per heavy atom. The molecule has 0 heterocycles. The van der Waals surface area contributed by atoms with Crippen LogP contribution in [0.5, 0.6) is 0 Å². The lowest BCUT2D eigenvalue weighted by molar-refractivity contribution is -0.116. The maximum Gasteiger partial charge on any atom is 0.246 e. The molecule has 1 atom stereocenters. The van der Waals surface area contributed by atoms with E-state index in [1.807, 2.05) is 44.2 Å². The fourth-order valence-electron chi connectivity index (χ4n) is 2.44. The maximum atomic E-state index is 12.3. The quantitative estimate of drug-likeness (QED) is 0.880. The van der Waals surface area contributed by atoms with E-state index in [2.05, 4.69) is 37.5 Å². The predicted molar refractivity (Wildman–Crippen MR) is 93.5 cm³/mol. The molecule has 116 valence electrons. The van der Waals surface area contributed by atoms with Gasteiger partial charge in [0.05, 0.1) is 0 Å². The Morgan fingerprint density at radius 3 is 2.09 bits per heavy atom. The van der Waals surface area contributed by atoms with Crippen LogP contribution in [0.3, 0.4) is 0 Å². The van der Waals surface area contributed by atoms with Gasteiger partial charge in [-0.3, -0.25) is 4.79 Å². The molecule has 1 amide bonds. The Hall–Kier alpha value is -2.29. The molecule has 0 bridgehead atoms. The van der Waals surface area contributed by atoms with Gasteiger partial charge in [0.25, 0.3) is 0 Å². The zero-order chi connectivity index (χ0) is 16.3. The monoisotopic (exact) mass is 296 g/mol. The summed E-state index contributed by atoms with van der Waals surface area (Å²) in [7, 11) is 0. The molecule has 2 N–H and O–H groups in total. The highest BCUT2D eigenvalue weighted by Gasteiger charge is 2.13. The lowest BCUT2D eigenvalue weighted by Gasteiger charge is -2.16. The number of benzene rings is 2. The molecule has 0 fully saturated rings. The van der Waals surface area contributed by atoms with Crippen molar-refractivity contribution < 1.29 is 4.79 Å². The van der Waals surface area contributed by atoms with Gasteiger partial charge in [0.15, 0.2) is 0 Å². The topological polar surface area (TPSA) is 41.1 Å². The van der Waals surface area contributed by atoms with Gasteiger partial charge < -0.3 is 10.6 Å². The molecular weight excluding hydrogens is 272 g/mol. The molecule has 0 aromatic heterocycles. The van der Waals surface area contributed by atoms with Crippen LogP contribution < -0.4 is 10.6 Å². The number of nitrogens with one attached hydrogen (secondary N) is 2. The highest BCUT2D eigenvalue weighted by molar-refractivity contribution is 5.96. The second-order valence-corrected chi connectivity index (χ2v) is 6.03. The van der Waals surface area contributed by atoms with Gasteiger partial charge >= 0.3 is 0 Å². The predicted octanol–water partition coefficient (Wildman–Crippen LogP) is 4.36. The highest BCUT2D eigenvalue weighted by atomic mass is 16.2. The second-order valence-electron chi connectivity index (χ2n) is 6.03. The smallest absolute Gasteiger partial charge is 0.246 e. The highest BCUT2D eigenvalue weighted by Crippen LogP contribution is 2.17. The van der Waals surface area contributed by atoms with Crippen molar-refractivity contribution in [3.05, 3.63) is 58.7 Å². The number of amides is 1. The molecule has 0 aliphatic heterocycles. The van der Waals surface area contributed by atoms with E-state index in [1.165, 1.54) is 22.3 Å². The number of hydrogen-bond donors (Lipinski definition) is 2. The zero-order valence-corrected chi connectivity index (χ0v) is 13.9. The first-order chi connectivity index (χ1) is 10.3. The largest absolute Gasteiger partial charge is 0.374 e. The number of anilines is 2. The van der Waals surface area contributed by atoms with Crippen LogP contribution in [0, 0.1) is 27.7 Å². The number of carbonyl (C=O) groups is 1. The van der Waals surface area contributed by atoms with E-state index in [4.69, 9.17) is 0 Å². The van der Waals surface area contributed by atoms with Crippen molar-refractivity contribution in [3.8, 4) is 0 Å². The van der Waals surface area contributed by atoms with Gasteiger partial charge in [-0.05, 0) is 81.1 Å². The minimum absolute atomic E-state index is 0.0394. The van der Waals surface area contributed by atoms with Gasteiger partial charge in [0.1, 0.15) is 6.04 Å². The molecular formula is C19H24N2O. The molecule has 0 saturated carbocycles. The summed E-state index contributed by atoms with van der Waals surface area (Å²) in [6.07, 6.45) is 0. The Morgan fingerprint density at radius 1 is 0.864 bits per heavy atom. The van der Waals surface area contributed by atoms with Crippen molar-refractivity contribution in [1.82, 2.24) is 0 Å². The summed E-state index contributed by atoms with van der Waals surface area (Å²) in [6.45, 7) is 10.1. The van der Waals surface area contributed by atoms with E-state index in [9.17, 15) is 4.79 Å². The first-order valence-corrected chi connectivity index (χ1v) is 7.58. The summed E-state index contributed by atoms with van der Waals surface area (Å²) in [6, 6.07) is 11.9. The third-order valence-corrected chi connectivity index (χ3v) is 3.77. The number of hydrogen-bond acceptors (Lipinski definition) is 2. The third kappa shape index (κ3) is 4.10. The summed E-state index contributed by atoms with van der Waals surface area (Å²) >= 11 is 0. The summed E-state index contributed by atoms with van der Waals surface area (Å²) in [4.78, 5) is 12.3. The molecule has 0 saturated heterocycles. The zero-order valence-electron chi connectivity index (χ0n) is 13.9. The van der Waals surface area contributed by atoms with E-state index >= 15 is 0 Å². The summed E-state index contributed by atoms with van der Waals surface area (Å²) in [5, 5.41) is 6.22. The Kier molecular flexibility index (Phi) is 4.86. The van der Waals surface area contributed by atoms with Crippen LogP contribution in [0.1, 0.15) is 29.2 Å². The van der Waals surface area contributed by atoms with Gasteiger partial charge in [0, 0.05) is 11.4 Å². The molecule has 0 radical (unpaired) electrons. The normalized spacial score (nSPS) is 11.9. The Bertz CT molecular complexity index is 672. The van der Waals surface area contributed by atoms with Crippen LogP contribution in [0.25, 0.3) is 0 Å². The van der Waals surface area contributed by atoms with Crippen LogP contribution in [0.2, 0.25) is 0 Å². The van der Waals surface area contributed by atoms with Crippen LogP contribution in [0.4, 0.5) is 11.4 Å². The minimum Gasteiger partial charge on any atom is -0.374 e. The van der Waals surface area contributed by atoms with E-state index in [0.717, 1.165) is 11.4 Å². The van der Waals surface area contributed by atoms with Crippen molar-refractivity contribution in [2.75, 3.05) is 10.6 Å². The molecule has 0 spiro atoms. The number of aryl methyl sites for hydroxylation is 4. The second kappa shape index (κ2) is 6.65. The Balaban J connectivity index is 2.04. The fraction of sp³-hybridized carbons (Fsp3) is 0.316. The van der Waals surface area contributed by atoms with Gasteiger partial charge in [0.2, 0.25) is 5.91 Å². The van der Waals surface area contributed by atoms with E-state index < -0.39 is 0 Å². The average molecular weight is 296 g/mol. The molecule has 3 heteroatoms. The summed E-state index contributed by atoms with van der Waals surface area (Å²) in [5.74, 6) is -0.0394. The number of carbonyl (C=O) groups excluding carboxylic acids is 1. The van der Waals surface area contributed by atoms with Gasteiger partial charge in [-0.25, -0.2) is 0 Å². The van der Waals surface area contributed by atoms with E-state index in [1.54, 1.807) is 0 Å². The lowest BCUT2D eigenvalue weighted by Crippen LogP contribution is -2.31. The molecule has 2 aromatic rings. The van der Waals surface area contributed by atoms with Crippen LogP contribution in [-0.2, 0) is 4.79 Å². The minimum atomic E-state index is -0.303. The lowest BCUT2D eigenvalue weighted by atomic mass is 10.1. The third-order valence-electron chi connectivity index (χ3n) is 3.77. The standard InChI is InChI=1S/C19H24N2O/c1-12-8-13(2)10-18(9-12)20-16(5)19(22)21-17-7-6-14(3)15(4)11-17/h6-11,16,20H,1-5H3,(H,21,22). The van der Waals surface area contributed by atoms with Crippen LogP contribution >= 0.6 is 0 Å². The summed E-state index contributed by atoms with van der Waals surface area (Å²) < 4.78 is 0. The molecule has 0 aliphatic carbocycles. The summed E-state index contributed by atoms with van der Waals surface area (Å²) in [5.41, 5.74) is 6.57. The van der Waals surface area contributed by atoms with E-state index in [0.29, 0.717) is 0 Å². The van der Waals surface area contributed by atoms with Crippen LogP contribution in [0.15, 0.2) is 36.4 Å². The Labute approximate surface area is 132 Å². The molecule has 2 rings (SSSR count). The molecule has 22 heavy (non-hydrogen) atoms. The molecule has 0 aliphatic rings. The van der Waals surface area contributed by atoms with Crippen molar-refractivity contribution >= 4 is 17.3 Å². The van der Waals surface area contributed by atoms with Crippen molar-refractivity contribution in [3.63, 3.8) is 0 Å². The molecule has 2 aromatic carbocycles. The van der Waals surface area contributed by atoms with Gasteiger partial charge in [-0.2, -0.15) is 0 Å². The first kappa shape index (κ1) is 16.1. The van der Waals surface area contributed by atoms with Gasteiger partial charge in [-0.15, -0.1) is 0 Å². The SMILES string of the molecule is Cc1cc(C)cc(NC(C)C(=O)Nc2ccc(C)c(C)c2)c1. The van der Waals surface area contributed by atoms with Crippen LogP contribution in [-0.4, -0.2) is 11.9 Å². The van der Waals surface area contributed by atoms with Crippen molar-refractivity contribution in [2.24, 2.45) is 0 Å².